The molecule has 0 heterocycles. The molecule has 86 valence electrons. The first kappa shape index (κ1) is 18.4. The van der Waals surface area contributed by atoms with Crippen molar-refractivity contribution in [2.24, 2.45) is 0 Å². The van der Waals surface area contributed by atoms with Gasteiger partial charge in [0.25, 0.3) is 0 Å². The van der Waals surface area contributed by atoms with Crippen molar-refractivity contribution in [3.8, 4) is 0 Å². The van der Waals surface area contributed by atoms with Crippen molar-refractivity contribution >= 4 is 22.4 Å². The fraction of sp³-hybridized carbons (Fsp3) is 0.286. The standard InChI is InChI=1S/C10H9.C3H7.CH3Cl.Zr/c1-8-6-9-4-2-3-5-10(9)7-8;1-3-2;1-2;/h2-7H,1H3;3H,1-2H3;1H3;/q2*-1;;+2. The van der Waals surface area contributed by atoms with E-state index < -0.39 is 0 Å². The van der Waals surface area contributed by atoms with Crippen LogP contribution in [-0.2, 0) is 26.2 Å². The van der Waals surface area contributed by atoms with E-state index in [0.29, 0.717) is 0 Å². The minimum Gasteiger partial charge on any atom is -0.335 e. The molecule has 0 spiro atoms. The van der Waals surface area contributed by atoms with Crippen LogP contribution in [0, 0.1) is 13.3 Å². The molecule has 2 aromatic rings. The van der Waals surface area contributed by atoms with E-state index in [9.17, 15) is 0 Å². The summed E-state index contributed by atoms with van der Waals surface area (Å²) in [5.74, 6) is 0. The van der Waals surface area contributed by atoms with Crippen LogP contribution < -0.4 is 0 Å². The van der Waals surface area contributed by atoms with Gasteiger partial charge in [0.15, 0.2) is 0 Å². The van der Waals surface area contributed by atoms with Gasteiger partial charge in [0.2, 0.25) is 0 Å². The molecule has 16 heavy (non-hydrogen) atoms. The predicted octanol–water partition coefficient (Wildman–Crippen LogP) is 4.95. The van der Waals surface area contributed by atoms with Crippen LogP contribution in [0.5, 0.6) is 0 Å². The third-order valence-electron chi connectivity index (χ3n) is 1.76. The molecule has 0 aliphatic carbocycles. The molecule has 0 nitrogen and oxygen atoms in total. The molecule has 0 aliphatic rings. The molecule has 0 amide bonds. The van der Waals surface area contributed by atoms with Gasteiger partial charge in [-0.25, -0.2) is 0 Å². The Hall–Kier alpha value is 0.00312. The molecule has 0 unspecified atom stereocenters. The van der Waals surface area contributed by atoms with E-state index >= 15 is 0 Å². The summed E-state index contributed by atoms with van der Waals surface area (Å²) in [6, 6.07) is 12.8. The Morgan fingerprint density at radius 2 is 1.62 bits per heavy atom. The molecule has 0 N–H and O–H groups in total. The normalized spacial score (nSPS) is 8.06. The van der Waals surface area contributed by atoms with Crippen LogP contribution >= 0.6 is 11.6 Å². The number of aryl methyl sites for hydroxylation is 1. The van der Waals surface area contributed by atoms with Gasteiger partial charge in [-0.1, -0.05) is 13.0 Å². The molecule has 0 bridgehead atoms. The fourth-order valence-corrected chi connectivity index (χ4v) is 1.31. The zero-order valence-corrected chi connectivity index (χ0v) is 13.6. The minimum atomic E-state index is 0. The molecule has 0 fully saturated rings. The largest absolute Gasteiger partial charge is 2.00 e. The average Bonchev–Trinajstić information content (AvgIpc) is 2.62. The first-order valence-electron chi connectivity index (χ1n) is 5.01. The summed E-state index contributed by atoms with van der Waals surface area (Å²) in [5.41, 5.74) is 1.35. The van der Waals surface area contributed by atoms with E-state index in [1.807, 2.05) is 20.3 Å². The Balaban J connectivity index is 0. The topological polar surface area (TPSA) is 0 Å². The monoisotopic (exact) mass is 312 g/mol. The van der Waals surface area contributed by atoms with Crippen molar-refractivity contribution in [3.05, 3.63) is 48.4 Å². The summed E-state index contributed by atoms with van der Waals surface area (Å²) < 4.78 is 0. The maximum Gasteiger partial charge on any atom is 2.00 e. The molecule has 2 heteroatoms. The van der Waals surface area contributed by atoms with Gasteiger partial charge in [-0.2, -0.15) is 19.9 Å². The molecule has 2 aromatic carbocycles. The van der Waals surface area contributed by atoms with Crippen LogP contribution in [-0.4, -0.2) is 6.38 Å². The van der Waals surface area contributed by atoms with Gasteiger partial charge < -0.3 is 6.42 Å². The maximum absolute atomic E-state index is 4.64. The summed E-state index contributed by atoms with van der Waals surface area (Å²) >= 11 is 4.64. The molecule has 0 radical (unpaired) electrons. The van der Waals surface area contributed by atoms with E-state index in [-0.39, 0.29) is 26.2 Å². The van der Waals surface area contributed by atoms with E-state index in [1.54, 1.807) is 0 Å². The third kappa shape index (κ3) is 6.56. The SMILES string of the molecule is CCl.C[CH-]C.Cc1cc2ccccc2[cH-]1.[Zr+2]. The summed E-state index contributed by atoms with van der Waals surface area (Å²) in [5, 5.41) is 2.69. The summed E-state index contributed by atoms with van der Waals surface area (Å²) in [6.45, 7) is 6.12. The zero-order chi connectivity index (χ0) is 11.7. The number of halogens is 1. The van der Waals surface area contributed by atoms with Crippen LogP contribution in [0.1, 0.15) is 19.4 Å². The first-order valence-corrected chi connectivity index (χ1v) is 5.77. The molecular formula is C14H19ClZr. The molecule has 0 saturated carbocycles. The van der Waals surface area contributed by atoms with Gasteiger partial charge in [0.05, 0.1) is 0 Å². The van der Waals surface area contributed by atoms with Crippen LogP contribution in [0.15, 0.2) is 36.4 Å². The molecular weight excluding hydrogens is 295 g/mol. The van der Waals surface area contributed by atoms with Crippen molar-refractivity contribution in [2.45, 2.75) is 20.8 Å². The minimum absolute atomic E-state index is 0. The van der Waals surface area contributed by atoms with Crippen LogP contribution in [0.4, 0.5) is 0 Å². The van der Waals surface area contributed by atoms with Crippen molar-refractivity contribution in [2.75, 3.05) is 6.38 Å². The molecule has 0 saturated heterocycles. The smallest absolute Gasteiger partial charge is 0.335 e. The van der Waals surface area contributed by atoms with E-state index in [2.05, 4.69) is 54.9 Å². The Morgan fingerprint density at radius 1 is 1.12 bits per heavy atom. The number of benzene rings is 1. The van der Waals surface area contributed by atoms with E-state index in [1.165, 1.54) is 22.7 Å². The summed E-state index contributed by atoms with van der Waals surface area (Å²) in [7, 11) is 0. The van der Waals surface area contributed by atoms with Crippen molar-refractivity contribution in [1.29, 1.82) is 0 Å². The van der Waals surface area contributed by atoms with E-state index in [4.69, 9.17) is 0 Å². The zero-order valence-electron chi connectivity index (χ0n) is 10.4. The average molecular weight is 314 g/mol. The van der Waals surface area contributed by atoms with Gasteiger partial charge in [-0.3, -0.25) is 0 Å². The molecule has 0 aliphatic heterocycles. The van der Waals surface area contributed by atoms with Crippen LogP contribution in [0.2, 0.25) is 0 Å². The van der Waals surface area contributed by atoms with Gasteiger partial charge in [-0.05, 0) is 0 Å². The van der Waals surface area contributed by atoms with Crippen LogP contribution in [0.25, 0.3) is 10.8 Å². The fourth-order valence-electron chi connectivity index (χ4n) is 1.31. The van der Waals surface area contributed by atoms with Gasteiger partial charge in [-0.15, -0.1) is 52.2 Å². The van der Waals surface area contributed by atoms with Crippen LogP contribution in [0.3, 0.4) is 0 Å². The quantitative estimate of drug-likeness (QED) is 0.477. The summed E-state index contributed by atoms with van der Waals surface area (Å²) in [6.07, 6.45) is 3.47. The predicted molar refractivity (Wildman–Crippen MR) is 71.7 cm³/mol. The van der Waals surface area contributed by atoms with Gasteiger partial charge in [0.1, 0.15) is 0 Å². The molecule has 0 atom stereocenters. The van der Waals surface area contributed by atoms with Crippen molar-refractivity contribution < 1.29 is 26.2 Å². The Morgan fingerprint density at radius 3 is 2.12 bits per heavy atom. The maximum atomic E-state index is 4.64. The second kappa shape index (κ2) is 11.5. The third-order valence-corrected chi connectivity index (χ3v) is 1.76. The molecule has 0 aromatic heterocycles. The Kier molecular flexibility index (Phi) is 13.2. The molecule has 2 rings (SSSR count). The van der Waals surface area contributed by atoms with E-state index in [0.717, 1.165) is 0 Å². The first-order chi connectivity index (χ1) is 7.27. The number of hydrogen-bond donors (Lipinski definition) is 0. The second-order valence-corrected chi connectivity index (χ2v) is 3.24. The Labute approximate surface area is 123 Å². The Bertz CT molecular complexity index is 333. The van der Waals surface area contributed by atoms with Gasteiger partial charge in [0, 0.05) is 6.38 Å². The van der Waals surface area contributed by atoms with Crippen molar-refractivity contribution in [3.63, 3.8) is 0 Å². The second-order valence-electron chi connectivity index (χ2n) is 3.24. The van der Waals surface area contributed by atoms with Crippen molar-refractivity contribution in [1.82, 2.24) is 0 Å². The number of hydrogen-bond acceptors (Lipinski definition) is 0. The van der Waals surface area contributed by atoms with Gasteiger partial charge >= 0.3 is 26.2 Å². The summed E-state index contributed by atoms with van der Waals surface area (Å²) in [4.78, 5) is 0. The number of fused-ring (bicyclic) bond motifs is 1. The number of rotatable bonds is 0. The number of alkyl halides is 1.